The first-order chi connectivity index (χ1) is 20.6. The van der Waals surface area contributed by atoms with E-state index in [2.05, 4.69) is 37.8 Å². The normalized spacial score (nSPS) is 14.3. The number of aromatic nitrogens is 1. The van der Waals surface area contributed by atoms with E-state index in [9.17, 15) is 23.1 Å². The molecule has 0 unspecified atom stereocenters. The highest BCUT2D eigenvalue weighted by Gasteiger charge is 2.32. The Morgan fingerprint density at radius 1 is 0.977 bits per heavy atom. The molecule has 1 fully saturated rings. The average Bonchev–Trinajstić information content (AvgIpc) is 3.02. The molecule has 0 bridgehead atoms. The minimum Gasteiger partial charge on any atom is -0.480 e. The summed E-state index contributed by atoms with van der Waals surface area (Å²) in [6.07, 6.45) is 1.53. The van der Waals surface area contributed by atoms with Crippen molar-refractivity contribution >= 4 is 27.8 Å². The van der Waals surface area contributed by atoms with Gasteiger partial charge in [-0.15, -0.1) is 0 Å². The van der Waals surface area contributed by atoms with Crippen LogP contribution in [0.3, 0.4) is 0 Å². The summed E-state index contributed by atoms with van der Waals surface area (Å²) in [5.74, 6) is 4.21. The number of benzene rings is 2. The minimum atomic E-state index is -3.93. The quantitative estimate of drug-likeness (QED) is 0.316. The third-order valence-corrected chi connectivity index (χ3v) is 8.47. The highest BCUT2D eigenvalue weighted by atomic mass is 32.2. The van der Waals surface area contributed by atoms with Gasteiger partial charge in [-0.2, -0.15) is 22.7 Å². The lowest BCUT2D eigenvalue weighted by atomic mass is 10.1. The number of piperazine rings is 1. The van der Waals surface area contributed by atoms with Gasteiger partial charge in [0.15, 0.2) is 0 Å². The number of carbonyl (C=O) groups excluding carboxylic acids is 1. The zero-order valence-corrected chi connectivity index (χ0v) is 24.6. The summed E-state index contributed by atoms with van der Waals surface area (Å²) in [6.45, 7) is 4.94. The van der Waals surface area contributed by atoms with E-state index in [1.807, 2.05) is 30.3 Å². The zero-order valence-electron chi connectivity index (χ0n) is 23.8. The van der Waals surface area contributed by atoms with Gasteiger partial charge in [-0.05, 0) is 60.0 Å². The second-order valence-corrected chi connectivity index (χ2v) is 12.0. The molecule has 1 aliphatic heterocycles. The molecule has 0 radical (unpaired) electrons. The van der Waals surface area contributed by atoms with E-state index in [-0.39, 0.29) is 37.2 Å². The second kappa shape index (κ2) is 13.9. The molecular weight excluding hydrogens is 568 g/mol. The SMILES string of the molecule is CC(C)[C@@H](NS(=O)(=O)N1CCN(c2ccc(C#Cc3ccnc(C(=O)NCc4cccc(C#N)c4)c3)cc2)CC1)C(=O)O. The monoisotopic (exact) mass is 600 g/mol. The number of pyridine rings is 1. The van der Waals surface area contributed by atoms with E-state index in [4.69, 9.17) is 5.26 Å². The van der Waals surface area contributed by atoms with Crippen LogP contribution in [0.5, 0.6) is 0 Å². The standard InChI is InChI=1S/C31H32N6O5S/c1-22(2)29(31(39)40)35-43(41,42)37-16-14-36(15-17-37)27-10-8-23(9-11-27)6-7-24-12-13-33-28(19-24)30(38)34-21-26-5-3-4-25(18-26)20-32/h3-5,8-13,18-19,22,29,35H,14-17,21H2,1-2H3,(H,34,38)(H,39,40)/t29-/m1/s1. The molecule has 2 aromatic carbocycles. The number of nitrogens with zero attached hydrogens (tertiary/aromatic N) is 4. The Morgan fingerprint density at radius 2 is 1.67 bits per heavy atom. The Balaban J connectivity index is 1.32. The summed E-state index contributed by atoms with van der Waals surface area (Å²) in [5.41, 5.74) is 3.88. The smallest absolute Gasteiger partial charge is 0.322 e. The largest absolute Gasteiger partial charge is 0.480 e. The first-order valence-corrected chi connectivity index (χ1v) is 15.1. The van der Waals surface area contributed by atoms with Crippen molar-refractivity contribution in [3.8, 4) is 17.9 Å². The van der Waals surface area contributed by atoms with Gasteiger partial charge in [0.05, 0.1) is 11.6 Å². The summed E-state index contributed by atoms with van der Waals surface area (Å²) in [6, 6.07) is 18.8. The van der Waals surface area contributed by atoms with E-state index in [1.165, 1.54) is 10.5 Å². The fourth-order valence-corrected chi connectivity index (χ4v) is 5.94. The van der Waals surface area contributed by atoms with Gasteiger partial charge in [0.2, 0.25) is 0 Å². The molecule has 0 saturated carbocycles. The lowest BCUT2D eigenvalue weighted by Gasteiger charge is -2.36. The number of nitriles is 1. The highest BCUT2D eigenvalue weighted by Crippen LogP contribution is 2.19. The molecule has 1 aromatic heterocycles. The van der Waals surface area contributed by atoms with Crippen molar-refractivity contribution in [1.82, 2.24) is 19.3 Å². The van der Waals surface area contributed by atoms with Crippen molar-refractivity contribution in [2.75, 3.05) is 31.1 Å². The molecule has 1 amide bonds. The zero-order chi connectivity index (χ0) is 31.0. The molecule has 3 N–H and O–H groups in total. The van der Waals surface area contributed by atoms with Crippen LogP contribution < -0.4 is 14.9 Å². The van der Waals surface area contributed by atoms with Crippen molar-refractivity contribution in [2.24, 2.45) is 5.92 Å². The molecule has 1 atom stereocenters. The van der Waals surface area contributed by atoms with Gasteiger partial charge < -0.3 is 15.3 Å². The fraction of sp³-hybridized carbons (Fsp3) is 0.290. The number of amides is 1. The maximum Gasteiger partial charge on any atom is 0.322 e. The number of hydrogen-bond donors (Lipinski definition) is 3. The number of carboxylic acid groups (broad SMARTS) is 1. The predicted octanol–water partition coefficient (Wildman–Crippen LogP) is 2.35. The Labute approximate surface area is 251 Å². The van der Waals surface area contributed by atoms with E-state index in [0.29, 0.717) is 24.2 Å². The lowest BCUT2D eigenvalue weighted by molar-refractivity contribution is -0.140. The molecule has 4 rings (SSSR count). The maximum absolute atomic E-state index is 12.7. The van der Waals surface area contributed by atoms with E-state index >= 15 is 0 Å². The van der Waals surface area contributed by atoms with Crippen molar-refractivity contribution in [2.45, 2.75) is 26.4 Å². The van der Waals surface area contributed by atoms with Gasteiger partial charge in [0.1, 0.15) is 11.7 Å². The van der Waals surface area contributed by atoms with E-state index in [0.717, 1.165) is 16.8 Å². The van der Waals surface area contributed by atoms with Gasteiger partial charge in [-0.3, -0.25) is 14.6 Å². The molecule has 0 aliphatic carbocycles. The fourth-order valence-electron chi connectivity index (χ4n) is 4.45. The molecule has 43 heavy (non-hydrogen) atoms. The van der Waals surface area contributed by atoms with E-state index in [1.54, 1.807) is 44.2 Å². The molecule has 3 aromatic rings. The second-order valence-electron chi connectivity index (χ2n) is 10.3. The molecule has 11 nitrogen and oxygen atoms in total. The van der Waals surface area contributed by atoms with Gasteiger partial charge in [-0.25, -0.2) is 0 Å². The van der Waals surface area contributed by atoms with Gasteiger partial charge in [0.25, 0.3) is 16.1 Å². The number of hydrogen-bond acceptors (Lipinski definition) is 7. The van der Waals surface area contributed by atoms with Gasteiger partial charge in [-0.1, -0.05) is 37.8 Å². The third-order valence-electron chi connectivity index (χ3n) is 6.87. The van der Waals surface area contributed by atoms with Crippen LogP contribution in [0.1, 0.15) is 46.6 Å². The summed E-state index contributed by atoms with van der Waals surface area (Å²) in [7, 11) is -3.93. The Hall–Kier alpha value is -4.75. The van der Waals surface area contributed by atoms with Crippen LogP contribution in [0.25, 0.3) is 0 Å². The number of carboxylic acids is 1. The molecule has 2 heterocycles. The van der Waals surface area contributed by atoms with Crippen LogP contribution in [-0.2, 0) is 21.5 Å². The number of rotatable bonds is 9. The summed E-state index contributed by atoms with van der Waals surface area (Å²) in [4.78, 5) is 30.2. The Bertz CT molecular complexity index is 1680. The van der Waals surface area contributed by atoms with Crippen molar-refractivity contribution in [3.05, 3.63) is 94.8 Å². The van der Waals surface area contributed by atoms with Crippen LogP contribution in [0, 0.1) is 29.1 Å². The number of aliphatic carboxylic acids is 1. The van der Waals surface area contributed by atoms with Crippen molar-refractivity contribution in [3.63, 3.8) is 0 Å². The Morgan fingerprint density at radius 3 is 2.33 bits per heavy atom. The topological polar surface area (TPSA) is 156 Å². The molecule has 222 valence electrons. The highest BCUT2D eigenvalue weighted by molar-refractivity contribution is 7.87. The Kier molecular flexibility index (Phi) is 10.1. The molecular formula is C31H32N6O5S. The van der Waals surface area contributed by atoms with Crippen molar-refractivity contribution < 1.29 is 23.1 Å². The first-order valence-electron chi connectivity index (χ1n) is 13.7. The number of nitrogens with one attached hydrogen (secondary N) is 2. The summed E-state index contributed by atoms with van der Waals surface area (Å²) < 4.78 is 29.1. The molecule has 1 saturated heterocycles. The lowest BCUT2D eigenvalue weighted by Crippen LogP contribution is -2.55. The van der Waals surface area contributed by atoms with Crippen LogP contribution >= 0.6 is 0 Å². The van der Waals surface area contributed by atoms with Crippen LogP contribution in [-0.4, -0.2) is 66.9 Å². The van der Waals surface area contributed by atoms with Crippen LogP contribution in [0.15, 0.2) is 66.9 Å². The average molecular weight is 601 g/mol. The molecule has 1 aliphatic rings. The summed E-state index contributed by atoms with van der Waals surface area (Å²) in [5, 5.41) is 21.2. The van der Waals surface area contributed by atoms with Crippen LogP contribution in [0.4, 0.5) is 5.69 Å². The summed E-state index contributed by atoms with van der Waals surface area (Å²) >= 11 is 0. The predicted molar refractivity (Wildman–Crippen MR) is 161 cm³/mol. The van der Waals surface area contributed by atoms with Gasteiger partial charge in [0, 0.05) is 55.7 Å². The van der Waals surface area contributed by atoms with Crippen LogP contribution in [0.2, 0.25) is 0 Å². The third kappa shape index (κ3) is 8.40. The van der Waals surface area contributed by atoms with E-state index < -0.39 is 22.2 Å². The maximum atomic E-state index is 12.7. The first kappa shape index (κ1) is 31.2. The van der Waals surface area contributed by atoms with Gasteiger partial charge >= 0.3 is 5.97 Å². The minimum absolute atomic E-state index is 0.228. The van der Waals surface area contributed by atoms with Crippen molar-refractivity contribution in [1.29, 1.82) is 5.26 Å². The molecule has 0 spiro atoms. The number of carbonyl (C=O) groups is 2. The molecule has 12 heteroatoms. The number of anilines is 1.